The number of thioether (sulfide) groups is 1. The molecule has 0 aromatic carbocycles. The van der Waals surface area contributed by atoms with Gasteiger partial charge in [-0.05, 0) is 37.7 Å². The average Bonchev–Trinajstić information content (AvgIpc) is 3.22. The van der Waals surface area contributed by atoms with E-state index in [-0.39, 0.29) is 0 Å². The number of rotatable bonds is 5. The Balaban J connectivity index is 1.87. The van der Waals surface area contributed by atoms with Gasteiger partial charge in [0.1, 0.15) is 11.6 Å². The standard InChI is InChI=1S/C15H25N3S/c1-19-10-9-13-14(16)18(12-7-8-12)15(17-13)11-5-3-2-4-6-11/h11-12H,2-10,16H2,1H3. The number of nitrogen functional groups attached to an aromatic ring is 1. The zero-order valence-corrected chi connectivity index (χ0v) is 12.7. The molecular weight excluding hydrogens is 254 g/mol. The van der Waals surface area contributed by atoms with Crippen LogP contribution in [-0.2, 0) is 6.42 Å². The van der Waals surface area contributed by atoms with E-state index in [1.807, 2.05) is 11.8 Å². The molecule has 1 heterocycles. The number of anilines is 1. The first kappa shape index (κ1) is 13.3. The molecule has 0 spiro atoms. The first-order valence-electron chi connectivity index (χ1n) is 7.66. The van der Waals surface area contributed by atoms with Crippen LogP contribution in [0, 0.1) is 0 Å². The summed E-state index contributed by atoms with van der Waals surface area (Å²) in [6.07, 6.45) is 12.5. The van der Waals surface area contributed by atoms with E-state index >= 15 is 0 Å². The van der Waals surface area contributed by atoms with Crippen molar-refractivity contribution in [3.05, 3.63) is 11.5 Å². The molecule has 2 N–H and O–H groups in total. The Morgan fingerprint density at radius 3 is 2.58 bits per heavy atom. The number of aromatic nitrogens is 2. The van der Waals surface area contributed by atoms with Crippen LogP contribution in [0.15, 0.2) is 0 Å². The lowest BCUT2D eigenvalue weighted by Crippen LogP contribution is -2.12. The maximum Gasteiger partial charge on any atom is 0.127 e. The molecule has 0 saturated heterocycles. The van der Waals surface area contributed by atoms with E-state index in [0.717, 1.165) is 23.7 Å². The summed E-state index contributed by atoms with van der Waals surface area (Å²) >= 11 is 1.88. The third-order valence-electron chi connectivity index (χ3n) is 4.48. The highest BCUT2D eigenvalue weighted by Crippen LogP contribution is 2.43. The van der Waals surface area contributed by atoms with Gasteiger partial charge in [0.25, 0.3) is 0 Å². The van der Waals surface area contributed by atoms with E-state index in [1.165, 1.54) is 50.8 Å². The highest BCUT2D eigenvalue weighted by Gasteiger charge is 2.32. The van der Waals surface area contributed by atoms with Crippen molar-refractivity contribution in [3.63, 3.8) is 0 Å². The first-order chi connectivity index (χ1) is 9.31. The van der Waals surface area contributed by atoms with Gasteiger partial charge in [-0.2, -0.15) is 11.8 Å². The summed E-state index contributed by atoms with van der Waals surface area (Å²) in [5.41, 5.74) is 7.54. The zero-order valence-electron chi connectivity index (χ0n) is 11.9. The van der Waals surface area contributed by atoms with Gasteiger partial charge in [0.2, 0.25) is 0 Å². The lowest BCUT2D eigenvalue weighted by molar-refractivity contribution is 0.416. The van der Waals surface area contributed by atoms with Gasteiger partial charge in [0, 0.05) is 18.4 Å². The fourth-order valence-corrected chi connectivity index (χ4v) is 3.66. The Labute approximate surface area is 120 Å². The summed E-state index contributed by atoms with van der Waals surface area (Å²) in [7, 11) is 0. The number of nitrogens with two attached hydrogens (primary N) is 1. The van der Waals surface area contributed by atoms with E-state index in [9.17, 15) is 0 Å². The Hall–Kier alpha value is -0.640. The largest absolute Gasteiger partial charge is 0.384 e. The van der Waals surface area contributed by atoms with E-state index in [0.29, 0.717) is 12.0 Å². The maximum atomic E-state index is 6.38. The quantitative estimate of drug-likeness (QED) is 0.892. The highest BCUT2D eigenvalue weighted by molar-refractivity contribution is 7.98. The van der Waals surface area contributed by atoms with Crippen LogP contribution in [-0.4, -0.2) is 21.6 Å². The second kappa shape index (κ2) is 5.78. The van der Waals surface area contributed by atoms with Gasteiger partial charge in [0.05, 0.1) is 5.69 Å². The van der Waals surface area contributed by atoms with Crippen molar-refractivity contribution in [1.29, 1.82) is 0 Å². The predicted molar refractivity (Wildman–Crippen MR) is 82.8 cm³/mol. The normalized spacial score (nSPS) is 20.9. The van der Waals surface area contributed by atoms with Crippen molar-refractivity contribution in [2.24, 2.45) is 0 Å². The molecule has 0 unspecified atom stereocenters. The van der Waals surface area contributed by atoms with E-state index in [4.69, 9.17) is 10.7 Å². The SMILES string of the molecule is CSCCc1nc(C2CCCCC2)n(C2CC2)c1N. The van der Waals surface area contributed by atoms with Crippen LogP contribution in [0.2, 0.25) is 0 Å². The molecule has 0 bridgehead atoms. The lowest BCUT2D eigenvalue weighted by atomic mass is 9.88. The minimum Gasteiger partial charge on any atom is -0.384 e. The summed E-state index contributed by atoms with van der Waals surface area (Å²) in [6, 6.07) is 0.660. The number of hydrogen-bond acceptors (Lipinski definition) is 3. The second-order valence-electron chi connectivity index (χ2n) is 5.98. The van der Waals surface area contributed by atoms with Crippen molar-refractivity contribution in [2.45, 2.75) is 63.3 Å². The molecule has 2 aliphatic rings. The molecule has 3 rings (SSSR count). The van der Waals surface area contributed by atoms with Crippen molar-refractivity contribution >= 4 is 17.6 Å². The Bertz CT molecular complexity index is 431. The van der Waals surface area contributed by atoms with E-state index in [1.54, 1.807) is 0 Å². The Morgan fingerprint density at radius 2 is 1.95 bits per heavy atom. The molecule has 19 heavy (non-hydrogen) atoms. The molecule has 1 aromatic heterocycles. The fraction of sp³-hybridized carbons (Fsp3) is 0.800. The van der Waals surface area contributed by atoms with Crippen LogP contribution < -0.4 is 5.73 Å². The molecule has 3 nitrogen and oxygen atoms in total. The summed E-state index contributed by atoms with van der Waals surface area (Å²) in [4.78, 5) is 4.96. The van der Waals surface area contributed by atoms with Crippen LogP contribution in [0.5, 0.6) is 0 Å². The summed E-state index contributed by atoms with van der Waals surface area (Å²) in [5.74, 6) is 4.07. The van der Waals surface area contributed by atoms with Crippen LogP contribution in [0.3, 0.4) is 0 Å². The smallest absolute Gasteiger partial charge is 0.127 e. The van der Waals surface area contributed by atoms with Crippen molar-refractivity contribution in [2.75, 3.05) is 17.7 Å². The van der Waals surface area contributed by atoms with Crippen LogP contribution in [0.1, 0.15) is 68.4 Å². The molecule has 2 saturated carbocycles. The van der Waals surface area contributed by atoms with Crippen molar-refractivity contribution in [1.82, 2.24) is 9.55 Å². The van der Waals surface area contributed by atoms with E-state index in [2.05, 4.69) is 10.8 Å². The van der Waals surface area contributed by atoms with Gasteiger partial charge >= 0.3 is 0 Å². The van der Waals surface area contributed by atoms with Gasteiger partial charge in [-0.1, -0.05) is 19.3 Å². The van der Waals surface area contributed by atoms with Crippen LogP contribution >= 0.6 is 11.8 Å². The van der Waals surface area contributed by atoms with Gasteiger partial charge in [0.15, 0.2) is 0 Å². The lowest BCUT2D eigenvalue weighted by Gasteiger charge is -2.22. The summed E-state index contributed by atoms with van der Waals surface area (Å²) in [5, 5.41) is 0. The summed E-state index contributed by atoms with van der Waals surface area (Å²) < 4.78 is 2.39. The zero-order chi connectivity index (χ0) is 13.2. The monoisotopic (exact) mass is 279 g/mol. The molecule has 106 valence electrons. The van der Waals surface area contributed by atoms with Crippen molar-refractivity contribution < 1.29 is 0 Å². The molecule has 4 heteroatoms. The Morgan fingerprint density at radius 1 is 1.21 bits per heavy atom. The van der Waals surface area contributed by atoms with Gasteiger partial charge < -0.3 is 10.3 Å². The minimum atomic E-state index is 0.660. The predicted octanol–water partition coefficient (Wildman–Crippen LogP) is 3.75. The number of hydrogen-bond donors (Lipinski definition) is 1. The molecular formula is C15H25N3S. The molecule has 2 fully saturated rings. The van der Waals surface area contributed by atoms with Crippen molar-refractivity contribution in [3.8, 4) is 0 Å². The minimum absolute atomic E-state index is 0.660. The number of aryl methyl sites for hydroxylation is 1. The first-order valence-corrected chi connectivity index (χ1v) is 9.06. The average molecular weight is 279 g/mol. The molecule has 0 radical (unpaired) electrons. The molecule has 0 atom stereocenters. The fourth-order valence-electron chi connectivity index (χ4n) is 3.26. The van der Waals surface area contributed by atoms with Crippen LogP contribution in [0.4, 0.5) is 5.82 Å². The maximum absolute atomic E-state index is 6.38. The van der Waals surface area contributed by atoms with Crippen LogP contribution in [0.25, 0.3) is 0 Å². The molecule has 0 amide bonds. The molecule has 1 aromatic rings. The highest BCUT2D eigenvalue weighted by atomic mass is 32.2. The van der Waals surface area contributed by atoms with Gasteiger partial charge in [-0.15, -0.1) is 0 Å². The van der Waals surface area contributed by atoms with Gasteiger partial charge in [-0.3, -0.25) is 0 Å². The van der Waals surface area contributed by atoms with Gasteiger partial charge in [-0.25, -0.2) is 4.98 Å². The third-order valence-corrected chi connectivity index (χ3v) is 5.09. The molecule has 2 aliphatic carbocycles. The van der Waals surface area contributed by atoms with E-state index < -0.39 is 0 Å². The Kier molecular flexibility index (Phi) is 4.06. The number of imidazole rings is 1. The summed E-state index contributed by atoms with van der Waals surface area (Å²) in [6.45, 7) is 0. The number of nitrogens with zero attached hydrogens (tertiary/aromatic N) is 2. The second-order valence-corrected chi connectivity index (χ2v) is 6.97. The third kappa shape index (κ3) is 2.78. The molecule has 0 aliphatic heterocycles. The topological polar surface area (TPSA) is 43.8 Å².